The summed E-state index contributed by atoms with van der Waals surface area (Å²) in [6, 6.07) is 9.16. The molecule has 3 rings (SSSR count). The molecule has 4 nitrogen and oxygen atoms in total. The number of hydrogen-bond acceptors (Lipinski definition) is 4. The highest BCUT2D eigenvalue weighted by Crippen LogP contribution is 2.28. The van der Waals surface area contributed by atoms with Crippen LogP contribution in [0.2, 0.25) is 0 Å². The zero-order chi connectivity index (χ0) is 16.3. The van der Waals surface area contributed by atoms with E-state index in [-0.39, 0.29) is 5.95 Å². The van der Waals surface area contributed by atoms with Crippen molar-refractivity contribution in [1.82, 2.24) is 9.97 Å². The molecule has 0 saturated heterocycles. The Morgan fingerprint density at radius 1 is 1.17 bits per heavy atom. The number of alkyl halides is 3. The van der Waals surface area contributed by atoms with Crippen molar-refractivity contribution in [3.63, 3.8) is 0 Å². The molecule has 122 valence electrons. The van der Waals surface area contributed by atoms with Gasteiger partial charge in [0.15, 0.2) is 0 Å². The van der Waals surface area contributed by atoms with E-state index in [1.165, 1.54) is 11.3 Å². The van der Waals surface area contributed by atoms with Crippen LogP contribution in [0.25, 0.3) is 0 Å². The van der Waals surface area contributed by atoms with Gasteiger partial charge < -0.3 is 10.2 Å². The lowest BCUT2D eigenvalue weighted by Gasteiger charge is -2.19. The molecule has 0 saturated carbocycles. The van der Waals surface area contributed by atoms with Crippen LogP contribution in [0.15, 0.2) is 36.5 Å². The molecule has 1 aliphatic heterocycles. The van der Waals surface area contributed by atoms with Crippen LogP contribution >= 0.6 is 0 Å². The van der Waals surface area contributed by atoms with Crippen LogP contribution in [0, 0.1) is 0 Å². The smallest absolute Gasteiger partial charge is 0.371 e. The van der Waals surface area contributed by atoms with Gasteiger partial charge in [-0.05, 0) is 30.5 Å². The molecule has 1 aliphatic rings. The van der Waals surface area contributed by atoms with Gasteiger partial charge in [0.2, 0.25) is 5.95 Å². The second-order valence-electron chi connectivity index (χ2n) is 5.41. The molecule has 0 fully saturated rings. The standard InChI is InChI=1S/C16H17F3N4/c17-16(18,19)14-6-9-21-15(22-14)20-8-3-10-23-11-7-12-4-1-2-5-13(12)23/h1-2,4-6,9H,3,7-8,10-11H2,(H,20,21,22). The number of anilines is 2. The number of halogens is 3. The Hall–Kier alpha value is -2.31. The molecule has 2 heterocycles. The SMILES string of the molecule is FC(F)(F)c1ccnc(NCCCN2CCc3ccccc32)n1. The summed E-state index contributed by atoms with van der Waals surface area (Å²) in [5.74, 6) is 0.0154. The van der Waals surface area contributed by atoms with E-state index in [1.807, 2.05) is 12.1 Å². The van der Waals surface area contributed by atoms with Gasteiger partial charge in [0, 0.05) is 31.5 Å². The van der Waals surface area contributed by atoms with E-state index in [0.29, 0.717) is 6.54 Å². The lowest BCUT2D eigenvalue weighted by Crippen LogP contribution is -2.23. The summed E-state index contributed by atoms with van der Waals surface area (Å²) in [7, 11) is 0. The second kappa shape index (κ2) is 6.44. The van der Waals surface area contributed by atoms with E-state index >= 15 is 0 Å². The van der Waals surface area contributed by atoms with Gasteiger partial charge in [0.05, 0.1) is 0 Å². The van der Waals surface area contributed by atoms with Gasteiger partial charge >= 0.3 is 6.18 Å². The topological polar surface area (TPSA) is 41.1 Å². The van der Waals surface area contributed by atoms with Crippen LogP contribution in [-0.2, 0) is 12.6 Å². The van der Waals surface area contributed by atoms with E-state index in [2.05, 4.69) is 32.3 Å². The number of aromatic nitrogens is 2. The first-order valence-corrected chi connectivity index (χ1v) is 7.51. The first-order chi connectivity index (χ1) is 11.0. The molecule has 0 bridgehead atoms. The lowest BCUT2D eigenvalue weighted by atomic mass is 10.2. The summed E-state index contributed by atoms with van der Waals surface area (Å²) in [4.78, 5) is 9.61. The zero-order valence-electron chi connectivity index (χ0n) is 12.5. The van der Waals surface area contributed by atoms with E-state index in [1.54, 1.807) is 0 Å². The fourth-order valence-corrected chi connectivity index (χ4v) is 2.71. The largest absolute Gasteiger partial charge is 0.433 e. The number of rotatable bonds is 5. The molecule has 1 N–H and O–H groups in total. The summed E-state index contributed by atoms with van der Waals surface area (Å²) in [5, 5.41) is 2.86. The van der Waals surface area contributed by atoms with E-state index in [0.717, 1.165) is 38.2 Å². The molecule has 0 spiro atoms. The fraction of sp³-hybridized carbons (Fsp3) is 0.375. The van der Waals surface area contributed by atoms with Gasteiger partial charge in [0.25, 0.3) is 0 Å². The maximum absolute atomic E-state index is 12.6. The highest BCUT2D eigenvalue weighted by Gasteiger charge is 2.32. The zero-order valence-corrected chi connectivity index (χ0v) is 12.5. The quantitative estimate of drug-likeness (QED) is 0.857. The van der Waals surface area contributed by atoms with Crippen molar-refractivity contribution in [3.05, 3.63) is 47.8 Å². The highest BCUT2D eigenvalue weighted by atomic mass is 19.4. The van der Waals surface area contributed by atoms with Crippen molar-refractivity contribution in [2.24, 2.45) is 0 Å². The Bertz CT molecular complexity index is 672. The Balaban J connectivity index is 1.49. The van der Waals surface area contributed by atoms with E-state index in [4.69, 9.17) is 0 Å². The Morgan fingerprint density at radius 2 is 2.00 bits per heavy atom. The maximum atomic E-state index is 12.6. The molecule has 23 heavy (non-hydrogen) atoms. The minimum Gasteiger partial charge on any atom is -0.371 e. The van der Waals surface area contributed by atoms with Crippen molar-refractivity contribution in [3.8, 4) is 0 Å². The van der Waals surface area contributed by atoms with Crippen molar-refractivity contribution in [1.29, 1.82) is 0 Å². The van der Waals surface area contributed by atoms with Crippen molar-refractivity contribution < 1.29 is 13.2 Å². The van der Waals surface area contributed by atoms with Crippen LogP contribution in [0.4, 0.5) is 24.8 Å². The Labute approximate surface area is 132 Å². The molecule has 7 heteroatoms. The highest BCUT2D eigenvalue weighted by molar-refractivity contribution is 5.57. The molecule has 0 radical (unpaired) electrons. The molecular formula is C16H17F3N4. The number of nitrogens with one attached hydrogen (secondary N) is 1. The first kappa shape index (κ1) is 15.6. The van der Waals surface area contributed by atoms with Crippen LogP contribution in [0.3, 0.4) is 0 Å². The number of nitrogens with zero attached hydrogens (tertiary/aromatic N) is 3. The molecule has 1 aromatic carbocycles. The van der Waals surface area contributed by atoms with Gasteiger partial charge in [-0.25, -0.2) is 9.97 Å². The van der Waals surface area contributed by atoms with Crippen LogP contribution in [0.5, 0.6) is 0 Å². The summed E-state index contributed by atoms with van der Waals surface area (Å²) >= 11 is 0. The van der Waals surface area contributed by atoms with E-state index in [9.17, 15) is 13.2 Å². The fourth-order valence-electron chi connectivity index (χ4n) is 2.71. The van der Waals surface area contributed by atoms with Crippen molar-refractivity contribution >= 4 is 11.6 Å². The summed E-state index contributed by atoms with van der Waals surface area (Å²) < 4.78 is 37.7. The number of fused-ring (bicyclic) bond motifs is 1. The lowest BCUT2D eigenvalue weighted by molar-refractivity contribution is -0.141. The van der Waals surface area contributed by atoms with Gasteiger partial charge in [-0.3, -0.25) is 0 Å². The third-order valence-electron chi connectivity index (χ3n) is 3.82. The number of benzene rings is 1. The minimum atomic E-state index is -4.45. The Morgan fingerprint density at radius 3 is 2.83 bits per heavy atom. The third-order valence-corrected chi connectivity index (χ3v) is 3.82. The molecule has 0 aliphatic carbocycles. The maximum Gasteiger partial charge on any atom is 0.433 e. The summed E-state index contributed by atoms with van der Waals surface area (Å²) in [6.45, 7) is 2.36. The number of para-hydroxylation sites is 1. The molecule has 1 aromatic heterocycles. The predicted molar refractivity (Wildman–Crippen MR) is 82.5 cm³/mol. The average molecular weight is 322 g/mol. The molecule has 2 aromatic rings. The van der Waals surface area contributed by atoms with Gasteiger partial charge in [-0.15, -0.1) is 0 Å². The molecular weight excluding hydrogens is 305 g/mol. The Kier molecular flexibility index (Phi) is 4.36. The average Bonchev–Trinajstić information content (AvgIpc) is 2.94. The van der Waals surface area contributed by atoms with Crippen LogP contribution in [-0.4, -0.2) is 29.6 Å². The third kappa shape index (κ3) is 3.72. The predicted octanol–water partition coefficient (Wildman–Crippen LogP) is 3.36. The van der Waals surface area contributed by atoms with Crippen molar-refractivity contribution in [2.75, 3.05) is 29.9 Å². The summed E-state index contributed by atoms with van der Waals surface area (Å²) in [5.41, 5.74) is 1.67. The minimum absolute atomic E-state index is 0.0154. The molecule has 0 amide bonds. The second-order valence-corrected chi connectivity index (χ2v) is 5.41. The number of hydrogen-bond donors (Lipinski definition) is 1. The van der Waals surface area contributed by atoms with Gasteiger partial charge in [-0.2, -0.15) is 13.2 Å². The van der Waals surface area contributed by atoms with E-state index < -0.39 is 11.9 Å². The molecule has 0 atom stereocenters. The van der Waals surface area contributed by atoms with Gasteiger partial charge in [0.1, 0.15) is 5.69 Å². The normalized spacial score (nSPS) is 14.0. The summed E-state index contributed by atoms with van der Waals surface area (Å²) in [6.07, 6.45) is -1.48. The molecule has 0 unspecified atom stereocenters. The first-order valence-electron chi connectivity index (χ1n) is 7.51. The van der Waals surface area contributed by atoms with Crippen LogP contribution in [0.1, 0.15) is 17.7 Å². The van der Waals surface area contributed by atoms with Crippen LogP contribution < -0.4 is 10.2 Å². The van der Waals surface area contributed by atoms with Gasteiger partial charge in [-0.1, -0.05) is 18.2 Å². The monoisotopic (exact) mass is 322 g/mol. The van der Waals surface area contributed by atoms with Crippen molar-refractivity contribution in [2.45, 2.75) is 19.0 Å².